The van der Waals surface area contributed by atoms with E-state index in [2.05, 4.69) is 5.32 Å². The normalized spacial score (nSPS) is 13.6. The molecule has 0 aliphatic rings. The van der Waals surface area contributed by atoms with Gasteiger partial charge >= 0.3 is 0 Å². The van der Waals surface area contributed by atoms with Gasteiger partial charge in [0.25, 0.3) is 0 Å². The molecule has 21 heavy (non-hydrogen) atoms. The lowest BCUT2D eigenvalue weighted by molar-refractivity contribution is 0.224. The molecule has 2 N–H and O–H groups in total. The summed E-state index contributed by atoms with van der Waals surface area (Å²) in [6.45, 7) is 1.80. The quantitative estimate of drug-likeness (QED) is 0.887. The number of nitrogens with one attached hydrogen (secondary N) is 1. The average molecular weight is 288 g/mol. The van der Waals surface area contributed by atoms with E-state index in [9.17, 15) is 9.50 Å². The summed E-state index contributed by atoms with van der Waals surface area (Å²) >= 11 is 0. The van der Waals surface area contributed by atoms with Gasteiger partial charge in [-0.1, -0.05) is 18.2 Å². The molecule has 0 aliphatic carbocycles. The van der Waals surface area contributed by atoms with Gasteiger partial charge in [-0.05, 0) is 42.8 Å². The molecular weight excluding hydrogens is 267 g/mol. The van der Waals surface area contributed by atoms with Crippen LogP contribution in [-0.2, 0) is 5.54 Å². The summed E-state index contributed by atoms with van der Waals surface area (Å²) in [5.74, 6) is -0.303. The highest BCUT2D eigenvalue weighted by molar-refractivity contribution is 5.51. The third kappa shape index (κ3) is 3.52. The molecule has 0 saturated carbocycles. The van der Waals surface area contributed by atoms with Gasteiger partial charge in [-0.25, -0.2) is 4.39 Å². The van der Waals surface area contributed by atoms with Crippen molar-refractivity contribution in [3.8, 4) is 0 Å². The van der Waals surface area contributed by atoms with Crippen LogP contribution in [0.15, 0.2) is 48.5 Å². The molecule has 0 fully saturated rings. The Kier molecular flexibility index (Phi) is 4.48. The van der Waals surface area contributed by atoms with Crippen LogP contribution >= 0.6 is 0 Å². The maximum Gasteiger partial charge on any atom is 0.125 e. The summed E-state index contributed by atoms with van der Waals surface area (Å²) in [5.41, 5.74) is 2.01. The van der Waals surface area contributed by atoms with E-state index in [1.165, 1.54) is 12.1 Å². The summed E-state index contributed by atoms with van der Waals surface area (Å²) in [6, 6.07) is 14.2. The molecular formula is C17H21FN2O. The number of benzene rings is 2. The topological polar surface area (TPSA) is 35.5 Å². The zero-order chi connectivity index (χ0) is 15.5. The third-order valence-electron chi connectivity index (χ3n) is 3.58. The summed E-state index contributed by atoms with van der Waals surface area (Å²) in [5, 5.41) is 13.0. The van der Waals surface area contributed by atoms with Crippen molar-refractivity contribution >= 4 is 11.4 Å². The zero-order valence-corrected chi connectivity index (χ0v) is 12.6. The molecule has 0 heterocycles. The highest BCUT2D eigenvalue weighted by Gasteiger charge is 2.25. The third-order valence-corrected chi connectivity index (χ3v) is 3.58. The van der Waals surface area contributed by atoms with Gasteiger partial charge in [0.2, 0.25) is 0 Å². The van der Waals surface area contributed by atoms with Crippen LogP contribution in [0, 0.1) is 5.82 Å². The molecule has 2 rings (SSSR count). The molecule has 112 valence electrons. The lowest BCUT2D eigenvalue weighted by atomic mass is 9.92. The molecule has 3 nitrogen and oxygen atoms in total. The van der Waals surface area contributed by atoms with Crippen LogP contribution in [0.3, 0.4) is 0 Å². The van der Waals surface area contributed by atoms with Crippen molar-refractivity contribution in [3.05, 3.63) is 59.9 Å². The molecule has 0 aromatic heterocycles. The lowest BCUT2D eigenvalue weighted by Crippen LogP contribution is -2.35. The minimum atomic E-state index is -0.668. The molecule has 0 aliphatic heterocycles. The fourth-order valence-electron chi connectivity index (χ4n) is 2.22. The van der Waals surface area contributed by atoms with Gasteiger partial charge in [-0.2, -0.15) is 0 Å². The predicted octanol–water partition coefficient (Wildman–Crippen LogP) is 3.21. The summed E-state index contributed by atoms with van der Waals surface area (Å²) < 4.78 is 13.3. The smallest absolute Gasteiger partial charge is 0.125 e. The number of rotatable bonds is 5. The maximum absolute atomic E-state index is 13.3. The first-order valence-corrected chi connectivity index (χ1v) is 6.87. The number of hydrogen-bond acceptors (Lipinski definition) is 3. The van der Waals surface area contributed by atoms with Crippen molar-refractivity contribution in [1.82, 2.24) is 0 Å². The van der Waals surface area contributed by atoms with E-state index in [0.29, 0.717) is 5.69 Å². The van der Waals surface area contributed by atoms with Crippen molar-refractivity contribution in [1.29, 1.82) is 0 Å². The van der Waals surface area contributed by atoms with E-state index in [-0.39, 0.29) is 12.4 Å². The van der Waals surface area contributed by atoms with Gasteiger partial charge in [0, 0.05) is 25.5 Å². The van der Waals surface area contributed by atoms with Crippen LogP contribution in [0.25, 0.3) is 0 Å². The molecule has 2 aromatic rings. The first-order valence-electron chi connectivity index (χ1n) is 6.87. The van der Waals surface area contributed by atoms with E-state index >= 15 is 0 Å². The lowest BCUT2D eigenvalue weighted by Gasteiger charge is -2.31. The minimum Gasteiger partial charge on any atom is -0.394 e. The Hall–Kier alpha value is -2.07. The molecule has 0 spiro atoms. The number of hydrogen-bond donors (Lipinski definition) is 2. The number of aliphatic hydroxyl groups excluding tert-OH is 1. The Labute approximate surface area is 125 Å². The Balaban J connectivity index is 2.27. The van der Waals surface area contributed by atoms with Crippen molar-refractivity contribution in [2.24, 2.45) is 0 Å². The van der Waals surface area contributed by atoms with E-state index in [1.807, 2.05) is 50.2 Å². The number of nitrogens with zero attached hydrogens (tertiary/aromatic N) is 1. The standard InChI is InChI=1S/C17H21FN2O/c1-17(12-21,19-15-6-4-5-14(18)11-15)13-7-9-16(10-8-13)20(2)3/h4-11,19,21H,12H2,1-3H3. The average Bonchev–Trinajstić information content (AvgIpc) is 2.47. The highest BCUT2D eigenvalue weighted by Crippen LogP contribution is 2.27. The molecule has 1 atom stereocenters. The second kappa shape index (κ2) is 6.14. The van der Waals surface area contributed by atoms with Gasteiger partial charge in [0.05, 0.1) is 12.1 Å². The van der Waals surface area contributed by atoms with Gasteiger partial charge in [0.15, 0.2) is 0 Å². The summed E-state index contributed by atoms with van der Waals surface area (Å²) in [4.78, 5) is 2.01. The Bertz CT molecular complexity index is 598. The van der Waals surface area contributed by atoms with Gasteiger partial charge in [-0.15, -0.1) is 0 Å². The first-order chi connectivity index (χ1) is 9.94. The number of anilines is 2. The number of halogens is 1. The second-order valence-electron chi connectivity index (χ2n) is 5.57. The van der Waals surface area contributed by atoms with E-state index in [4.69, 9.17) is 0 Å². The van der Waals surface area contributed by atoms with Gasteiger partial charge < -0.3 is 15.3 Å². The van der Waals surface area contributed by atoms with Crippen LogP contribution in [0.2, 0.25) is 0 Å². The van der Waals surface area contributed by atoms with Crippen LogP contribution in [0.4, 0.5) is 15.8 Å². The van der Waals surface area contributed by atoms with Crippen LogP contribution < -0.4 is 10.2 Å². The molecule has 0 bridgehead atoms. The minimum absolute atomic E-state index is 0.0924. The van der Waals surface area contributed by atoms with E-state index < -0.39 is 5.54 Å². The molecule has 4 heteroatoms. The van der Waals surface area contributed by atoms with Crippen LogP contribution in [-0.4, -0.2) is 25.8 Å². The number of aliphatic hydroxyl groups is 1. The van der Waals surface area contributed by atoms with Crippen LogP contribution in [0.1, 0.15) is 12.5 Å². The second-order valence-corrected chi connectivity index (χ2v) is 5.57. The molecule has 2 aromatic carbocycles. The van der Waals surface area contributed by atoms with E-state index in [0.717, 1.165) is 11.3 Å². The van der Waals surface area contributed by atoms with Gasteiger partial charge in [-0.3, -0.25) is 0 Å². The van der Waals surface area contributed by atoms with Crippen molar-refractivity contribution in [3.63, 3.8) is 0 Å². The largest absolute Gasteiger partial charge is 0.394 e. The Morgan fingerprint density at radius 1 is 1.14 bits per heavy atom. The maximum atomic E-state index is 13.3. The monoisotopic (exact) mass is 288 g/mol. The van der Waals surface area contributed by atoms with Crippen molar-refractivity contribution in [2.75, 3.05) is 30.9 Å². The molecule has 1 unspecified atom stereocenters. The zero-order valence-electron chi connectivity index (χ0n) is 12.6. The summed E-state index contributed by atoms with van der Waals surface area (Å²) in [6.07, 6.45) is 0. The van der Waals surface area contributed by atoms with Crippen molar-refractivity contribution in [2.45, 2.75) is 12.5 Å². The van der Waals surface area contributed by atoms with E-state index in [1.54, 1.807) is 12.1 Å². The highest BCUT2D eigenvalue weighted by atomic mass is 19.1. The summed E-state index contributed by atoms with van der Waals surface area (Å²) in [7, 11) is 3.95. The van der Waals surface area contributed by atoms with Crippen LogP contribution in [0.5, 0.6) is 0 Å². The van der Waals surface area contributed by atoms with Crippen molar-refractivity contribution < 1.29 is 9.50 Å². The predicted molar refractivity (Wildman–Crippen MR) is 85.2 cm³/mol. The molecule has 0 amide bonds. The SMILES string of the molecule is CN(C)c1ccc(C(C)(CO)Nc2cccc(F)c2)cc1. The fraction of sp³-hybridized carbons (Fsp3) is 0.294. The fourth-order valence-corrected chi connectivity index (χ4v) is 2.22. The first kappa shape index (κ1) is 15.3. The molecule has 0 radical (unpaired) electrons. The Morgan fingerprint density at radius 3 is 2.33 bits per heavy atom. The Morgan fingerprint density at radius 2 is 1.81 bits per heavy atom. The molecule has 0 saturated heterocycles. The van der Waals surface area contributed by atoms with Gasteiger partial charge in [0.1, 0.15) is 5.82 Å².